The number of benzene rings is 3. The summed E-state index contributed by atoms with van der Waals surface area (Å²) in [5.41, 5.74) is -0.0679. The van der Waals surface area contributed by atoms with Crippen molar-refractivity contribution in [3.63, 3.8) is 0 Å². The summed E-state index contributed by atoms with van der Waals surface area (Å²) in [5, 5.41) is 11.3. The molecule has 3 aromatic carbocycles. The van der Waals surface area contributed by atoms with Crippen LogP contribution >= 0.6 is 0 Å². The molecule has 0 aliphatic rings. The number of carbonyl (C=O) groups excluding carboxylic acids is 1. The van der Waals surface area contributed by atoms with E-state index in [1.165, 1.54) is 12.1 Å². The van der Waals surface area contributed by atoms with E-state index in [1.54, 1.807) is 60.7 Å². The van der Waals surface area contributed by atoms with Crippen molar-refractivity contribution in [2.75, 3.05) is 0 Å². The Labute approximate surface area is 140 Å². The molecule has 0 radical (unpaired) electrons. The summed E-state index contributed by atoms with van der Waals surface area (Å²) >= 11 is 0. The lowest BCUT2D eigenvalue weighted by molar-refractivity contribution is 0.0299. The van der Waals surface area contributed by atoms with Crippen molar-refractivity contribution in [3.8, 4) is 0 Å². The van der Waals surface area contributed by atoms with Crippen molar-refractivity contribution in [2.24, 2.45) is 0 Å². The standard InChI is InChI=1S/C21H17FO2/c22-19-13-11-16(12-14-19)15-21(24,18-9-5-2-6-10-18)20(23)17-7-3-1-4-8-17/h1-14,24H,15H2. The van der Waals surface area contributed by atoms with E-state index in [0.717, 1.165) is 0 Å². The number of Topliss-reactive ketones (excluding diaryl/α,β-unsaturated/α-hetero) is 1. The molecule has 3 aromatic rings. The van der Waals surface area contributed by atoms with Crippen molar-refractivity contribution < 1.29 is 14.3 Å². The van der Waals surface area contributed by atoms with Crippen LogP contribution in [0, 0.1) is 5.82 Å². The van der Waals surface area contributed by atoms with Gasteiger partial charge in [0.15, 0.2) is 11.4 Å². The molecular formula is C21H17FO2. The number of halogens is 1. The number of hydrogen-bond acceptors (Lipinski definition) is 2. The van der Waals surface area contributed by atoms with Crippen molar-refractivity contribution in [2.45, 2.75) is 12.0 Å². The van der Waals surface area contributed by atoms with Crippen LogP contribution in [-0.4, -0.2) is 10.9 Å². The molecule has 0 bridgehead atoms. The van der Waals surface area contributed by atoms with Crippen LogP contribution in [0.1, 0.15) is 21.5 Å². The predicted molar refractivity (Wildman–Crippen MR) is 91.2 cm³/mol. The molecular weight excluding hydrogens is 303 g/mol. The van der Waals surface area contributed by atoms with E-state index in [4.69, 9.17) is 0 Å². The SMILES string of the molecule is O=C(c1ccccc1)C(O)(Cc1ccc(F)cc1)c1ccccc1. The van der Waals surface area contributed by atoms with Crippen LogP contribution in [0.15, 0.2) is 84.9 Å². The zero-order chi connectivity index (χ0) is 17.0. The van der Waals surface area contributed by atoms with Crippen LogP contribution < -0.4 is 0 Å². The molecule has 24 heavy (non-hydrogen) atoms. The third-order valence-corrected chi connectivity index (χ3v) is 4.04. The van der Waals surface area contributed by atoms with E-state index >= 15 is 0 Å². The van der Waals surface area contributed by atoms with Crippen LogP contribution in [0.4, 0.5) is 4.39 Å². The van der Waals surface area contributed by atoms with E-state index in [2.05, 4.69) is 0 Å². The minimum atomic E-state index is -1.71. The van der Waals surface area contributed by atoms with E-state index in [1.807, 2.05) is 12.1 Å². The van der Waals surface area contributed by atoms with Gasteiger partial charge in [-0.2, -0.15) is 0 Å². The second-order valence-electron chi connectivity index (χ2n) is 5.72. The minimum absolute atomic E-state index is 0.0744. The van der Waals surface area contributed by atoms with E-state index < -0.39 is 5.60 Å². The Hall–Kier alpha value is -2.78. The molecule has 2 nitrogen and oxygen atoms in total. The van der Waals surface area contributed by atoms with Gasteiger partial charge >= 0.3 is 0 Å². The molecule has 120 valence electrons. The summed E-state index contributed by atoms with van der Waals surface area (Å²) < 4.78 is 13.1. The number of ketones is 1. The number of rotatable bonds is 5. The number of aliphatic hydroxyl groups is 1. The first-order valence-corrected chi connectivity index (χ1v) is 7.72. The highest BCUT2D eigenvalue weighted by Gasteiger charge is 2.38. The molecule has 0 amide bonds. The summed E-state index contributed by atoms with van der Waals surface area (Å²) in [6.45, 7) is 0. The van der Waals surface area contributed by atoms with Crippen molar-refractivity contribution in [1.82, 2.24) is 0 Å². The first kappa shape index (κ1) is 16.1. The summed E-state index contributed by atoms with van der Waals surface area (Å²) in [7, 11) is 0. The Balaban J connectivity index is 2.04. The van der Waals surface area contributed by atoms with E-state index in [-0.39, 0.29) is 18.0 Å². The predicted octanol–water partition coefficient (Wildman–Crippen LogP) is 4.14. The average Bonchev–Trinajstić information content (AvgIpc) is 2.64. The minimum Gasteiger partial charge on any atom is -0.377 e. The van der Waals surface area contributed by atoms with Gasteiger partial charge in [0.1, 0.15) is 5.82 Å². The van der Waals surface area contributed by atoms with Gasteiger partial charge in [-0.05, 0) is 23.3 Å². The average molecular weight is 320 g/mol. The van der Waals surface area contributed by atoms with Gasteiger partial charge < -0.3 is 5.11 Å². The second kappa shape index (κ2) is 6.77. The quantitative estimate of drug-likeness (QED) is 0.717. The zero-order valence-corrected chi connectivity index (χ0v) is 13.0. The third kappa shape index (κ3) is 3.26. The molecule has 1 unspecified atom stereocenters. The maximum Gasteiger partial charge on any atom is 0.199 e. The van der Waals surface area contributed by atoms with Gasteiger partial charge in [-0.3, -0.25) is 4.79 Å². The fraction of sp³-hybridized carbons (Fsp3) is 0.0952. The Morgan fingerprint density at radius 2 is 1.38 bits per heavy atom. The number of hydrogen-bond donors (Lipinski definition) is 1. The number of carbonyl (C=O) groups is 1. The molecule has 1 N–H and O–H groups in total. The van der Waals surface area contributed by atoms with Crippen LogP contribution in [0.5, 0.6) is 0 Å². The summed E-state index contributed by atoms with van der Waals surface area (Å²) in [6, 6.07) is 23.4. The van der Waals surface area contributed by atoms with Crippen molar-refractivity contribution in [3.05, 3.63) is 107 Å². The van der Waals surface area contributed by atoms with Crippen LogP contribution in [0.25, 0.3) is 0 Å². The van der Waals surface area contributed by atoms with Crippen LogP contribution in [-0.2, 0) is 12.0 Å². The van der Waals surface area contributed by atoms with Crippen LogP contribution in [0.2, 0.25) is 0 Å². The maximum absolute atomic E-state index is 13.1. The topological polar surface area (TPSA) is 37.3 Å². The highest BCUT2D eigenvalue weighted by atomic mass is 19.1. The monoisotopic (exact) mass is 320 g/mol. The second-order valence-corrected chi connectivity index (χ2v) is 5.72. The first-order chi connectivity index (χ1) is 11.6. The molecule has 0 aliphatic carbocycles. The summed E-state index contributed by atoms with van der Waals surface area (Å²) in [5.74, 6) is -0.727. The van der Waals surface area contributed by atoms with Crippen molar-refractivity contribution in [1.29, 1.82) is 0 Å². The molecule has 0 saturated heterocycles. The smallest absolute Gasteiger partial charge is 0.199 e. The highest BCUT2D eigenvalue weighted by molar-refractivity contribution is 6.03. The highest BCUT2D eigenvalue weighted by Crippen LogP contribution is 2.30. The zero-order valence-electron chi connectivity index (χ0n) is 13.0. The first-order valence-electron chi connectivity index (χ1n) is 7.72. The Morgan fingerprint density at radius 1 is 0.833 bits per heavy atom. The van der Waals surface area contributed by atoms with Gasteiger partial charge in [0.2, 0.25) is 0 Å². The normalized spacial score (nSPS) is 13.2. The molecule has 3 rings (SSSR count). The third-order valence-electron chi connectivity index (χ3n) is 4.04. The van der Waals surface area contributed by atoms with Gasteiger partial charge in [-0.15, -0.1) is 0 Å². The van der Waals surface area contributed by atoms with E-state index in [9.17, 15) is 14.3 Å². The molecule has 0 spiro atoms. The molecule has 0 aliphatic heterocycles. The Bertz CT molecular complexity index is 813. The molecule has 1 atom stereocenters. The molecule has 3 heteroatoms. The fourth-order valence-electron chi connectivity index (χ4n) is 2.75. The van der Waals surface area contributed by atoms with E-state index in [0.29, 0.717) is 16.7 Å². The molecule has 0 fully saturated rings. The molecule has 0 heterocycles. The van der Waals surface area contributed by atoms with Crippen molar-refractivity contribution >= 4 is 5.78 Å². The Kier molecular flexibility index (Phi) is 4.54. The molecule has 0 saturated carbocycles. The van der Waals surface area contributed by atoms with Gasteiger partial charge in [-0.25, -0.2) is 4.39 Å². The lowest BCUT2D eigenvalue weighted by atomic mass is 9.81. The van der Waals surface area contributed by atoms with Gasteiger partial charge in [0.05, 0.1) is 0 Å². The lowest BCUT2D eigenvalue weighted by Crippen LogP contribution is -2.38. The van der Waals surface area contributed by atoms with Gasteiger partial charge in [0, 0.05) is 12.0 Å². The summed E-state index contributed by atoms with van der Waals surface area (Å²) in [6.07, 6.45) is 0.0744. The fourth-order valence-corrected chi connectivity index (χ4v) is 2.75. The lowest BCUT2D eigenvalue weighted by Gasteiger charge is -2.27. The van der Waals surface area contributed by atoms with Crippen LogP contribution in [0.3, 0.4) is 0 Å². The van der Waals surface area contributed by atoms with Gasteiger partial charge in [-0.1, -0.05) is 72.8 Å². The molecule has 0 aromatic heterocycles. The largest absolute Gasteiger partial charge is 0.377 e. The van der Waals surface area contributed by atoms with Gasteiger partial charge in [0.25, 0.3) is 0 Å². The summed E-state index contributed by atoms with van der Waals surface area (Å²) in [4.78, 5) is 13.0. The Morgan fingerprint density at radius 3 is 1.96 bits per heavy atom. The maximum atomic E-state index is 13.1.